The number of hydrogen-bond acceptors (Lipinski definition) is 2. The third-order valence-electron chi connectivity index (χ3n) is 3.89. The van der Waals surface area contributed by atoms with Gasteiger partial charge in [0.15, 0.2) is 0 Å². The van der Waals surface area contributed by atoms with Crippen molar-refractivity contribution in [3.8, 4) is 0 Å². The largest absolute Gasteiger partial charge is 0.352 e. The number of benzene rings is 2. The number of nitrogens with zero attached hydrogens (tertiary/aromatic N) is 1. The highest BCUT2D eigenvalue weighted by molar-refractivity contribution is 6.09. The summed E-state index contributed by atoms with van der Waals surface area (Å²) >= 11 is 0. The number of aromatic nitrogens is 1. The van der Waals surface area contributed by atoms with E-state index in [1.807, 2.05) is 30.3 Å². The summed E-state index contributed by atoms with van der Waals surface area (Å²) in [5.74, 6) is -0.987. The lowest BCUT2D eigenvalue weighted by atomic mass is 10.1. The SMILES string of the molecule is CC(=O)n1cc(C(=O)NCCc2ccccc2)c2cc(F)ccc21. The van der Waals surface area contributed by atoms with Crippen LogP contribution in [0.25, 0.3) is 10.9 Å². The van der Waals surface area contributed by atoms with Crippen LogP contribution >= 0.6 is 0 Å². The molecular weight excluding hydrogens is 307 g/mol. The van der Waals surface area contributed by atoms with Gasteiger partial charge in [-0.25, -0.2) is 4.39 Å². The third kappa shape index (κ3) is 3.20. The van der Waals surface area contributed by atoms with Crippen LogP contribution in [0.2, 0.25) is 0 Å². The van der Waals surface area contributed by atoms with Gasteiger partial charge in [0, 0.05) is 25.1 Å². The molecule has 0 radical (unpaired) electrons. The second-order valence-electron chi connectivity index (χ2n) is 5.58. The Labute approximate surface area is 138 Å². The summed E-state index contributed by atoms with van der Waals surface area (Å²) in [5, 5.41) is 3.26. The normalized spacial score (nSPS) is 10.8. The fourth-order valence-electron chi connectivity index (χ4n) is 2.70. The highest BCUT2D eigenvalue weighted by Gasteiger charge is 2.17. The summed E-state index contributed by atoms with van der Waals surface area (Å²) in [6.45, 7) is 1.87. The molecule has 0 aliphatic heterocycles. The molecule has 122 valence electrons. The lowest BCUT2D eigenvalue weighted by molar-refractivity contribution is 0.0941. The van der Waals surface area contributed by atoms with E-state index in [2.05, 4.69) is 5.32 Å². The summed E-state index contributed by atoms with van der Waals surface area (Å²) < 4.78 is 14.9. The average molecular weight is 324 g/mol. The molecule has 3 aromatic rings. The minimum atomic E-state index is -0.442. The first-order chi connectivity index (χ1) is 11.6. The van der Waals surface area contributed by atoms with Gasteiger partial charge in [-0.15, -0.1) is 0 Å². The third-order valence-corrected chi connectivity index (χ3v) is 3.89. The zero-order chi connectivity index (χ0) is 17.1. The Morgan fingerprint density at radius 1 is 1.12 bits per heavy atom. The molecule has 1 aromatic heterocycles. The van der Waals surface area contributed by atoms with E-state index in [4.69, 9.17) is 0 Å². The van der Waals surface area contributed by atoms with E-state index in [1.54, 1.807) is 0 Å². The van der Waals surface area contributed by atoms with E-state index in [9.17, 15) is 14.0 Å². The summed E-state index contributed by atoms with van der Waals surface area (Å²) in [6, 6.07) is 13.9. The minimum Gasteiger partial charge on any atom is -0.352 e. The molecule has 3 rings (SSSR count). The molecule has 0 saturated heterocycles. The highest BCUT2D eigenvalue weighted by atomic mass is 19.1. The van der Waals surface area contributed by atoms with Crippen molar-refractivity contribution in [2.24, 2.45) is 0 Å². The Hall–Kier alpha value is -2.95. The number of amides is 1. The molecule has 2 aromatic carbocycles. The Kier molecular flexibility index (Phi) is 4.42. The van der Waals surface area contributed by atoms with E-state index in [0.29, 0.717) is 29.4 Å². The van der Waals surface area contributed by atoms with Crippen LogP contribution in [-0.4, -0.2) is 22.9 Å². The lowest BCUT2D eigenvalue weighted by Gasteiger charge is -2.04. The molecule has 0 saturated carbocycles. The molecule has 0 aliphatic carbocycles. The summed E-state index contributed by atoms with van der Waals surface area (Å²) in [6.07, 6.45) is 2.16. The van der Waals surface area contributed by atoms with Crippen LogP contribution in [0.3, 0.4) is 0 Å². The fourth-order valence-corrected chi connectivity index (χ4v) is 2.70. The van der Waals surface area contributed by atoms with E-state index in [0.717, 1.165) is 5.56 Å². The van der Waals surface area contributed by atoms with Gasteiger partial charge in [-0.2, -0.15) is 0 Å². The molecular formula is C19H17FN2O2. The zero-order valence-corrected chi connectivity index (χ0v) is 13.3. The predicted octanol–water partition coefficient (Wildman–Crippen LogP) is 3.41. The average Bonchev–Trinajstić information content (AvgIpc) is 2.94. The van der Waals surface area contributed by atoms with E-state index < -0.39 is 5.82 Å². The van der Waals surface area contributed by atoms with Crippen molar-refractivity contribution in [2.75, 3.05) is 6.54 Å². The Morgan fingerprint density at radius 3 is 2.58 bits per heavy atom. The Bertz CT molecular complexity index is 900. The van der Waals surface area contributed by atoms with Crippen LogP contribution in [0, 0.1) is 5.82 Å². The van der Waals surface area contributed by atoms with Crippen LogP contribution in [0.5, 0.6) is 0 Å². The molecule has 0 atom stereocenters. The molecule has 1 amide bonds. The molecule has 0 unspecified atom stereocenters. The molecule has 0 fully saturated rings. The van der Waals surface area contributed by atoms with E-state index in [1.165, 1.54) is 35.9 Å². The first-order valence-electron chi connectivity index (χ1n) is 7.70. The monoisotopic (exact) mass is 324 g/mol. The second-order valence-corrected chi connectivity index (χ2v) is 5.58. The number of carbonyl (C=O) groups is 2. The van der Waals surface area contributed by atoms with Gasteiger partial charge in [-0.05, 0) is 30.2 Å². The number of fused-ring (bicyclic) bond motifs is 1. The Morgan fingerprint density at radius 2 is 1.88 bits per heavy atom. The first kappa shape index (κ1) is 15.9. The Balaban J connectivity index is 1.81. The van der Waals surface area contributed by atoms with Crippen LogP contribution in [-0.2, 0) is 6.42 Å². The van der Waals surface area contributed by atoms with Crippen molar-refractivity contribution in [3.05, 3.63) is 71.7 Å². The summed E-state index contributed by atoms with van der Waals surface area (Å²) in [7, 11) is 0. The van der Waals surface area contributed by atoms with Gasteiger partial charge in [0.1, 0.15) is 5.82 Å². The van der Waals surface area contributed by atoms with Gasteiger partial charge in [-0.1, -0.05) is 30.3 Å². The van der Waals surface area contributed by atoms with Crippen molar-refractivity contribution < 1.29 is 14.0 Å². The standard InChI is InChI=1S/C19H17FN2O2/c1-13(23)22-12-17(16-11-15(20)7-8-18(16)22)19(24)21-10-9-14-5-3-2-4-6-14/h2-8,11-12H,9-10H2,1H3,(H,21,24). The molecule has 1 N–H and O–H groups in total. The number of rotatable bonds is 4. The molecule has 0 bridgehead atoms. The molecule has 24 heavy (non-hydrogen) atoms. The maximum absolute atomic E-state index is 13.5. The summed E-state index contributed by atoms with van der Waals surface area (Å²) in [4.78, 5) is 24.2. The number of halogens is 1. The van der Waals surface area contributed by atoms with Gasteiger partial charge in [0.05, 0.1) is 11.1 Å². The van der Waals surface area contributed by atoms with Gasteiger partial charge in [-0.3, -0.25) is 14.2 Å². The van der Waals surface area contributed by atoms with Crippen LogP contribution in [0.4, 0.5) is 4.39 Å². The zero-order valence-electron chi connectivity index (χ0n) is 13.3. The van der Waals surface area contributed by atoms with Crippen LogP contribution < -0.4 is 5.32 Å². The lowest BCUT2D eigenvalue weighted by Crippen LogP contribution is -2.25. The van der Waals surface area contributed by atoms with Gasteiger partial charge < -0.3 is 5.32 Å². The summed E-state index contributed by atoms with van der Waals surface area (Å²) in [5.41, 5.74) is 1.94. The highest BCUT2D eigenvalue weighted by Crippen LogP contribution is 2.22. The molecule has 1 heterocycles. The van der Waals surface area contributed by atoms with Gasteiger partial charge in [0.25, 0.3) is 5.91 Å². The molecule has 4 nitrogen and oxygen atoms in total. The number of hydrogen-bond donors (Lipinski definition) is 1. The predicted molar refractivity (Wildman–Crippen MR) is 90.7 cm³/mol. The smallest absolute Gasteiger partial charge is 0.253 e. The van der Waals surface area contributed by atoms with Gasteiger partial charge >= 0.3 is 0 Å². The maximum atomic E-state index is 13.5. The maximum Gasteiger partial charge on any atom is 0.253 e. The number of nitrogens with one attached hydrogen (secondary N) is 1. The van der Waals surface area contributed by atoms with Crippen LogP contribution in [0.15, 0.2) is 54.7 Å². The van der Waals surface area contributed by atoms with Gasteiger partial charge in [0.2, 0.25) is 5.91 Å². The molecule has 5 heteroatoms. The molecule has 0 aliphatic rings. The topological polar surface area (TPSA) is 51.1 Å². The van der Waals surface area contributed by atoms with Crippen molar-refractivity contribution in [2.45, 2.75) is 13.3 Å². The van der Waals surface area contributed by atoms with Crippen molar-refractivity contribution in [1.29, 1.82) is 0 Å². The quantitative estimate of drug-likeness (QED) is 0.799. The van der Waals surface area contributed by atoms with E-state index >= 15 is 0 Å². The minimum absolute atomic E-state index is 0.227. The fraction of sp³-hybridized carbons (Fsp3) is 0.158. The van der Waals surface area contributed by atoms with Crippen molar-refractivity contribution in [3.63, 3.8) is 0 Å². The van der Waals surface area contributed by atoms with E-state index in [-0.39, 0.29) is 11.8 Å². The first-order valence-corrected chi connectivity index (χ1v) is 7.70. The number of carbonyl (C=O) groups excluding carboxylic acids is 2. The van der Waals surface area contributed by atoms with Crippen molar-refractivity contribution >= 4 is 22.7 Å². The second kappa shape index (κ2) is 6.66. The van der Waals surface area contributed by atoms with Crippen LogP contribution in [0.1, 0.15) is 27.6 Å². The molecule has 0 spiro atoms. The van der Waals surface area contributed by atoms with Crippen molar-refractivity contribution in [1.82, 2.24) is 9.88 Å².